The fraction of sp³-hybridized carbons (Fsp3) is 0.267. The summed E-state index contributed by atoms with van der Waals surface area (Å²) >= 11 is 6.39. The van der Waals surface area contributed by atoms with Gasteiger partial charge in [-0.05, 0) is 31.0 Å². The van der Waals surface area contributed by atoms with Crippen molar-refractivity contribution in [1.82, 2.24) is 4.98 Å². The van der Waals surface area contributed by atoms with E-state index in [2.05, 4.69) is 42.2 Å². The van der Waals surface area contributed by atoms with E-state index in [9.17, 15) is 0 Å². The van der Waals surface area contributed by atoms with Gasteiger partial charge < -0.3 is 0 Å². The highest BCUT2D eigenvalue weighted by Crippen LogP contribution is 2.24. The van der Waals surface area contributed by atoms with Crippen LogP contribution in [0.5, 0.6) is 0 Å². The molecule has 0 fully saturated rings. The van der Waals surface area contributed by atoms with Gasteiger partial charge >= 0.3 is 0 Å². The molecule has 1 heterocycles. The number of hydrogen-bond donors (Lipinski definition) is 0. The Morgan fingerprint density at radius 1 is 1.00 bits per heavy atom. The van der Waals surface area contributed by atoms with Crippen LogP contribution < -0.4 is 0 Å². The lowest BCUT2D eigenvalue weighted by Gasteiger charge is -2.09. The van der Waals surface area contributed by atoms with Gasteiger partial charge in [-0.2, -0.15) is 0 Å². The Labute approximate surface area is 107 Å². The summed E-state index contributed by atoms with van der Waals surface area (Å²) in [4.78, 5) is 4.38. The van der Waals surface area contributed by atoms with Crippen LogP contribution in [0.2, 0.25) is 0 Å². The number of hydrogen-bond acceptors (Lipinski definition) is 1. The van der Waals surface area contributed by atoms with Crippen LogP contribution in [0.3, 0.4) is 0 Å². The molecule has 1 unspecified atom stereocenters. The van der Waals surface area contributed by atoms with E-state index in [1.807, 2.05) is 19.2 Å². The quantitative estimate of drug-likeness (QED) is 0.738. The number of rotatable bonds is 3. The second kappa shape index (κ2) is 5.33. The molecule has 17 heavy (non-hydrogen) atoms. The molecule has 0 spiro atoms. The molecule has 0 aliphatic carbocycles. The number of halogens is 1. The Morgan fingerprint density at radius 2 is 1.65 bits per heavy atom. The van der Waals surface area contributed by atoms with Crippen molar-refractivity contribution in [2.24, 2.45) is 0 Å². The number of alkyl halides is 1. The van der Waals surface area contributed by atoms with Gasteiger partial charge in [0, 0.05) is 18.3 Å². The van der Waals surface area contributed by atoms with Crippen molar-refractivity contribution >= 4 is 11.6 Å². The van der Waals surface area contributed by atoms with Gasteiger partial charge in [-0.1, -0.05) is 35.9 Å². The van der Waals surface area contributed by atoms with Crippen LogP contribution in [0.25, 0.3) is 0 Å². The highest BCUT2D eigenvalue weighted by atomic mass is 35.5. The van der Waals surface area contributed by atoms with Crippen molar-refractivity contribution < 1.29 is 0 Å². The molecule has 1 nitrogen and oxygen atoms in total. The zero-order valence-electron chi connectivity index (χ0n) is 10.2. The molecule has 0 aliphatic rings. The Hall–Kier alpha value is -1.34. The van der Waals surface area contributed by atoms with E-state index in [-0.39, 0.29) is 5.38 Å². The van der Waals surface area contributed by atoms with Crippen LogP contribution in [-0.4, -0.2) is 4.98 Å². The minimum atomic E-state index is -0.00851. The summed E-state index contributed by atoms with van der Waals surface area (Å²) in [6, 6.07) is 12.5. The van der Waals surface area contributed by atoms with Crippen molar-refractivity contribution in [2.75, 3.05) is 0 Å². The van der Waals surface area contributed by atoms with E-state index < -0.39 is 0 Å². The highest BCUT2D eigenvalue weighted by Gasteiger charge is 2.09. The molecular formula is C15H16ClN. The predicted octanol–water partition coefficient (Wildman–Crippen LogP) is 4.22. The summed E-state index contributed by atoms with van der Waals surface area (Å²) in [6.07, 6.45) is 2.65. The van der Waals surface area contributed by atoms with Gasteiger partial charge in [-0.3, -0.25) is 4.98 Å². The fourth-order valence-electron chi connectivity index (χ4n) is 1.70. The van der Waals surface area contributed by atoms with E-state index in [1.165, 1.54) is 11.1 Å². The molecule has 0 saturated heterocycles. The second-order valence-corrected chi connectivity index (χ2v) is 4.94. The molecule has 0 N–H and O–H groups in total. The van der Waals surface area contributed by atoms with Crippen LogP contribution in [0.4, 0.5) is 0 Å². The first-order chi connectivity index (χ1) is 8.15. The average Bonchev–Trinajstić information content (AvgIpc) is 2.33. The van der Waals surface area contributed by atoms with Crippen molar-refractivity contribution in [2.45, 2.75) is 25.6 Å². The predicted molar refractivity (Wildman–Crippen MR) is 72.5 cm³/mol. The van der Waals surface area contributed by atoms with Gasteiger partial charge in [0.05, 0.1) is 5.38 Å². The van der Waals surface area contributed by atoms with Gasteiger partial charge in [-0.25, -0.2) is 0 Å². The first kappa shape index (κ1) is 12.1. The van der Waals surface area contributed by atoms with Crippen molar-refractivity contribution in [3.63, 3.8) is 0 Å². The molecular weight excluding hydrogens is 230 g/mol. The van der Waals surface area contributed by atoms with Crippen molar-refractivity contribution in [1.29, 1.82) is 0 Å². The summed E-state index contributed by atoms with van der Waals surface area (Å²) < 4.78 is 0. The smallest absolute Gasteiger partial charge is 0.0640 e. The molecule has 1 aromatic heterocycles. The van der Waals surface area contributed by atoms with Crippen LogP contribution in [0.1, 0.15) is 27.8 Å². The lowest BCUT2D eigenvalue weighted by molar-refractivity contribution is 0.878. The zero-order chi connectivity index (χ0) is 12.3. The van der Waals surface area contributed by atoms with Gasteiger partial charge in [0.25, 0.3) is 0 Å². The fourth-order valence-corrected chi connectivity index (χ4v) is 2.00. The maximum absolute atomic E-state index is 6.39. The van der Waals surface area contributed by atoms with Crippen molar-refractivity contribution in [3.8, 4) is 0 Å². The molecule has 0 amide bonds. The van der Waals surface area contributed by atoms with Crippen LogP contribution in [0.15, 0.2) is 42.6 Å². The van der Waals surface area contributed by atoms with Gasteiger partial charge in [0.15, 0.2) is 0 Å². The molecule has 2 aromatic rings. The maximum Gasteiger partial charge on any atom is 0.0640 e. The van der Waals surface area contributed by atoms with Crippen LogP contribution in [-0.2, 0) is 6.42 Å². The largest absolute Gasteiger partial charge is 0.261 e. The van der Waals surface area contributed by atoms with Crippen LogP contribution >= 0.6 is 11.6 Å². The van der Waals surface area contributed by atoms with Crippen LogP contribution in [0, 0.1) is 13.8 Å². The average molecular weight is 246 g/mol. The summed E-state index contributed by atoms with van der Waals surface area (Å²) in [5, 5.41) is -0.00851. The first-order valence-corrected chi connectivity index (χ1v) is 6.21. The highest BCUT2D eigenvalue weighted by molar-refractivity contribution is 6.20. The molecule has 1 aromatic carbocycles. The third-order valence-electron chi connectivity index (χ3n) is 2.80. The summed E-state index contributed by atoms with van der Waals surface area (Å²) in [5.74, 6) is 0. The number of pyridine rings is 1. The van der Waals surface area contributed by atoms with E-state index in [1.54, 1.807) is 0 Å². The Kier molecular flexibility index (Phi) is 3.80. The number of aryl methyl sites for hydroxylation is 2. The summed E-state index contributed by atoms with van der Waals surface area (Å²) in [6.45, 7) is 4.11. The Morgan fingerprint density at radius 3 is 2.24 bits per heavy atom. The number of aromatic nitrogens is 1. The first-order valence-electron chi connectivity index (χ1n) is 5.77. The molecule has 2 heteroatoms. The molecule has 0 aliphatic heterocycles. The second-order valence-electron chi connectivity index (χ2n) is 4.41. The molecule has 88 valence electrons. The topological polar surface area (TPSA) is 12.9 Å². The summed E-state index contributed by atoms with van der Waals surface area (Å²) in [7, 11) is 0. The zero-order valence-corrected chi connectivity index (χ0v) is 10.9. The van der Waals surface area contributed by atoms with E-state index in [0.29, 0.717) is 0 Å². The van der Waals surface area contributed by atoms with Gasteiger partial charge in [0.1, 0.15) is 0 Å². The third-order valence-corrected chi connectivity index (χ3v) is 3.21. The third kappa shape index (κ3) is 3.31. The molecule has 0 bridgehead atoms. The monoisotopic (exact) mass is 245 g/mol. The standard InChI is InChI=1S/C15H16ClN/c1-11-3-6-13(7-4-11)15(16)9-14-8-5-12(2)10-17-14/h3-8,10,15H,9H2,1-2H3. The molecule has 0 radical (unpaired) electrons. The Bertz CT molecular complexity index is 473. The van der Waals surface area contributed by atoms with E-state index in [0.717, 1.165) is 17.7 Å². The molecule has 1 atom stereocenters. The van der Waals surface area contributed by atoms with E-state index in [4.69, 9.17) is 11.6 Å². The SMILES string of the molecule is Cc1ccc(C(Cl)Cc2ccc(C)cn2)cc1. The minimum absolute atomic E-state index is 0.00851. The van der Waals surface area contributed by atoms with Gasteiger partial charge in [0.2, 0.25) is 0 Å². The summed E-state index contributed by atoms with van der Waals surface area (Å²) in [5.41, 5.74) is 4.62. The normalized spacial score (nSPS) is 12.4. The van der Waals surface area contributed by atoms with Crippen molar-refractivity contribution in [3.05, 3.63) is 65.0 Å². The minimum Gasteiger partial charge on any atom is -0.261 e. The molecule has 0 saturated carbocycles. The maximum atomic E-state index is 6.39. The lowest BCUT2D eigenvalue weighted by atomic mass is 10.1. The van der Waals surface area contributed by atoms with Gasteiger partial charge in [-0.15, -0.1) is 11.6 Å². The molecule has 2 rings (SSSR count). The van der Waals surface area contributed by atoms with E-state index >= 15 is 0 Å². The lowest BCUT2D eigenvalue weighted by Crippen LogP contribution is -1.98. The number of benzene rings is 1. The number of nitrogens with zero attached hydrogens (tertiary/aromatic N) is 1. The Balaban J connectivity index is 2.08.